The van der Waals surface area contributed by atoms with Crippen molar-refractivity contribution in [3.63, 3.8) is 0 Å². The molecule has 2 heterocycles. The van der Waals surface area contributed by atoms with Crippen molar-refractivity contribution >= 4 is 35.6 Å². The molecule has 0 bridgehead atoms. The van der Waals surface area contributed by atoms with Crippen molar-refractivity contribution in [2.75, 3.05) is 32.8 Å². The zero-order valence-electron chi connectivity index (χ0n) is 15.2. The highest BCUT2D eigenvalue weighted by Crippen LogP contribution is 2.43. The van der Waals surface area contributed by atoms with Crippen LogP contribution in [0.1, 0.15) is 24.8 Å². The van der Waals surface area contributed by atoms with Gasteiger partial charge in [-0.25, -0.2) is 0 Å². The lowest BCUT2D eigenvalue weighted by Crippen LogP contribution is -2.52. The Morgan fingerprint density at radius 1 is 1.00 bits per heavy atom. The van der Waals surface area contributed by atoms with E-state index in [4.69, 9.17) is 0 Å². The number of likely N-dealkylation sites (tertiary alicyclic amines) is 1. The summed E-state index contributed by atoms with van der Waals surface area (Å²) in [7, 11) is 0. The van der Waals surface area contributed by atoms with Crippen LogP contribution in [0.25, 0.3) is 10.8 Å². The van der Waals surface area contributed by atoms with Gasteiger partial charge in [-0.05, 0) is 66.7 Å². The molecule has 1 spiro atoms. The van der Waals surface area contributed by atoms with Gasteiger partial charge in [-0.2, -0.15) is 0 Å². The molecular formula is C21H30Cl2N2O. The highest BCUT2D eigenvalue weighted by molar-refractivity contribution is 5.85. The number of rotatable bonds is 3. The molecule has 0 radical (unpaired) electrons. The third-order valence-corrected chi connectivity index (χ3v) is 6.35. The van der Waals surface area contributed by atoms with E-state index in [0.29, 0.717) is 17.9 Å². The molecule has 2 aliphatic rings. The molecule has 0 saturated carbocycles. The smallest absolute Gasteiger partial charge is 0.0476 e. The van der Waals surface area contributed by atoms with Gasteiger partial charge in [-0.3, -0.25) is 4.90 Å². The number of nitrogens with one attached hydrogen (secondary N) is 1. The summed E-state index contributed by atoms with van der Waals surface area (Å²) >= 11 is 0. The second-order valence-corrected chi connectivity index (χ2v) is 7.65. The molecule has 1 unspecified atom stereocenters. The highest BCUT2D eigenvalue weighted by Gasteiger charge is 2.42. The topological polar surface area (TPSA) is 35.5 Å². The molecule has 0 aliphatic carbocycles. The molecule has 3 nitrogen and oxygen atoms in total. The van der Waals surface area contributed by atoms with Crippen LogP contribution >= 0.6 is 24.8 Å². The maximum Gasteiger partial charge on any atom is 0.0476 e. The lowest BCUT2D eigenvalue weighted by Gasteiger charge is -2.49. The van der Waals surface area contributed by atoms with E-state index >= 15 is 0 Å². The zero-order valence-corrected chi connectivity index (χ0v) is 16.8. The molecule has 4 rings (SSSR count). The average molecular weight is 397 g/mol. The number of benzene rings is 2. The Morgan fingerprint density at radius 3 is 2.46 bits per heavy atom. The van der Waals surface area contributed by atoms with E-state index in [1.807, 2.05) is 0 Å². The Kier molecular flexibility index (Phi) is 7.75. The van der Waals surface area contributed by atoms with Crippen LogP contribution in [0.15, 0.2) is 42.5 Å². The minimum absolute atomic E-state index is 0. The van der Waals surface area contributed by atoms with Gasteiger partial charge in [0.15, 0.2) is 0 Å². The molecule has 0 aromatic heterocycles. The number of aliphatic hydroxyl groups excluding tert-OH is 1. The first-order chi connectivity index (χ1) is 11.8. The van der Waals surface area contributed by atoms with Gasteiger partial charge in [0.05, 0.1) is 0 Å². The molecule has 1 atom stereocenters. The largest absolute Gasteiger partial charge is 0.396 e. The van der Waals surface area contributed by atoms with Gasteiger partial charge in [-0.1, -0.05) is 36.4 Å². The van der Waals surface area contributed by atoms with E-state index < -0.39 is 0 Å². The predicted molar refractivity (Wildman–Crippen MR) is 113 cm³/mol. The molecule has 2 aromatic rings. The molecule has 2 fully saturated rings. The summed E-state index contributed by atoms with van der Waals surface area (Å²) in [5.41, 5.74) is 1.79. The minimum Gasteiger partial charge on any atom is -0.396 e. The molecule has 5 heteroatoms. The minimum atomic E-state index is 0. The van der Waals surface area contributed by atoms with Crippen LogP contribution in [-0.4, -0.2) is 42.8 Å². The van der Waals surface area contributed by atoms with Crippen LogP contribution in [0.2, 0.25) is 0 Å². The third-order valence-electron chi connectivity index (χ3n) is 6.35. The molecule has 144 valence electrons. The zero-order chi connectivity index (χ0) is 16.4. The summed E-state index contributed by atoms with van der Waals surface area (Å²) in [5.74, 6) is 0.439. The van der Waals surface area contributed by atoms with Crippen LogP contribution in [0, 0.1) is 11.3 Å². The SMILES string of the molecule is Cl.Cl.OCC1CNCCC12CCN(Cc1ccc3ccccc3c1)CC2. The van der Waals surface area contributed by atoms with Crippen molar-refractivity contribution in [3.8, 4) is 0 Å². The van der Waals surface area contributed by atoms with Crippen LogP contribution in [0.4, 0.5) is 0 Å². The molecule has 2 aromatic carbocycles. The van der Waals surface area contributed by atoms with E-state index in [0.717, 1.165) is 32.7 Å². The van der Waals surface area contributed by atoms with Gasteiger partial charge in [0.1, 0.15) is 0 Å². The molecular weight excluding hydrogens is 367 g/mol. The lowest BCUT2D eigenvalue weighted by molar-refractivity contribution is -0.00582. The molecule has 2 N–H and O–H groups in total. The maximum atomic E-state index is 9.76. The fourth-order valence-corrected chi connectivity index (χ4v) is 4.70. The van der Waals surface area contributed by atoms with Gasteiger partial charge in [0.25, 0.3) is 0 Å². The molecule has 0 amide bonds. The number of aliphatic hydroxyl groups is 1. The number of piperidine rings is 2. The van der Waals surface area contributed by atoms with Crippen molar-refractivity contribution in [2.24, 2.45) is 11.3 Å². The molecule has 2 aliphatic heterocycles. The van der Waals surface area contributed by atoms with Crippen molar-refractivity contribution in [3.05, 3.63) is 48.0 Å². The van der Waals surface area contributed by atoms with E-state index in [1.54, 1.807) is 0 Å². The van der Waals surface area contributed by atoms with E-state index in [9.17, 15) is 5.11 Å². The number of fused-ring (bicyclic) bond motifs is 1. The first kappa shape index (κ1) is 21.5. The van der Waals surface area contributed by atoms with E-state index in [2.05, 4.69) is 52.7 Å². The number of halogens is 2. The summed E-state index contributed by atoms with van der Waals surface area (Å²) in [4.78, 5) is 2.59. The summed E-state index contributed by atoms with van der Waals surface area (Å²) in [6.07, 6.45) is 3.68. The Balaban J connectivity index is 0.00000121. The van der Waals surface area contributed by atoms with E-state index in [-0.39, 0.29) is 24.8 Å². The molecule has 2 saturated heterocycles. The molecule has 26 heavy (non-hydrogen) atoms. The van der Waals surface area contributed by atoms with Crippen LogP contribution in [0.5, 0.6) is 0 Å². The number of hydrogen-bond donors (Lipinski definition) is 2. The Morgan fingerprint density at radius 2 is 1.73 bits per heavy atom. The highest BCUT2D eigenvalue weighted by atomic mass is 35.5. The average Bonchev–Trinajstić information content (AvgIpc) is 2.64. The Hall–Kier alpha value is -0.840. The lowest BCUT2D eigenvalue weighted by atomic mass is 9.65. The van der Waals surface area contributed by atoms with Crippen LogP contribution < -0.4 is 5.32 Å². The van der Waals surface area contributed by atoms with Crippen LogP contribution in [0.3, 0.4) is 0 Å². The van der Waals surface area contributed by atoms with Gasteiger partial charge < -0.3 is 10.4 Å². The Bertz CT molecular complexity index is 701. The van der Waals surface area contributed by atoms with Crippen molar-refractivity contribution < 1.29 is 5.11 Å². The van der Waals surface area contributed by atoms with Gasteiger partial charge in [0, 0.05) is 25.6 Å². The van der Waals surface area contributed by atoms with Gasteiger partial charge >= 0.3 is 0 Å². The number of hydrogen-bond acceptors (Lipinski definition) is 3. The van der Waals surface area contributed by atoms with Crippen LogP contribution in [-0.2, 0) is 6.54 Å². The van der Waals surface area contributed by atoms with Crippen molar-refractivity contribution in [1.82, 2.24) is 10.2 Å². The fraction of sp³-hybridized carbons (Fsp3) is 0.524. The summed E-state index contributed by atoms with van der Waals surface area (Å²) in [5, 5.41) is 15.9. The van der Waals surface area contributed by atoms with E-state index in [1.165, 1.54) is 35.6 Å². The number of nitrogens with zero attached hydrogens (tertiary/aromatic N) is 1. The van der Waals surface area contributed by atoms with Crippen molar-refractivity contribution in [2.45, 2.75) is 25.8 Å². The maximum absolute atomic E-state index is 9.76. The van der Waals surface area contributed by atoms with Gasteiger partial charge in [0.2, 0.25) is 0 Å². The first-order valence-corrected chi connectivity index (χ1v) is 9.31. The summed E-state index contributed by atoms with van der Waals surface area (Å²) in [6, 6.07) is 15.4. The quantitative estimate of drug-likeness (QED) is 0.826. The first-order valence-electron chi connectivity index (χ1n) is 9.31. The fourth-order valence-electron chi connectivity index (χ4n) is 4.70. The monoisotopic (exact) mass is 396 g/mol. The Labute approximate surface area is 169 Å². The van der Waals surface area contributed by atoms with Gasteiger partial charge in [-0.15, -0.1) is 24.8 Å². The second kappa shape index (κ2) is 9.38. The summed E-state index contributed by atoms with van der Waals surface area (Å²) < 4.78 is 0. The van der Waals surface area contributed by atoms with Crippen molar-refractivity contribution in [1.29, 1.82) is 0 Å². The predicted octanol–water partition coefficient (Wildman–Crippen LogP) is 3.87. The normalized spacial score (nSPS) is 22.6. The second-order valence-electron chi connectivity index (χ2n) is 7.65. The standard InChI is InChI=1S/C21H28N2O.2ClH/c24-16-20-14-22-10-7-21(20)8-11-23(12-9-21)15-17-5-6-18-3-1-2-4-19(18)13-17;;/h1-6,13,20,22,24H,7-12,14-16H2;2*1H. The third kappa shape index (κ3) is 4.35. The summed E-state index contributed by atoms with van der Waals surface area (Å²) in [6.45, 7) is 5.79.